The highest BCUT2D eigenvalue weighted by Crippen LogP contribution is 2.45. The number of hydrogen-bond acceptors (Lipinski definition) is 5. The molecule has 5 heteroatoms. The van der Waals surface area contributed by atoms with Gasteiger partial charge >= 0.3 is 0 Å². The predicted octanol–water partition coefficient (Wildman–Crippen LogP) is 15.1. The first-order valence-corrected chi connectivity index (χ1v) is 19.6. The van der Waals surface area contributed by atoms with Crippen LogP contribution in [0.25, 0.3) is 64.3 Å². The van der Waals surface area contributed by atoms with Crippen LogP contribution >= 0.6 is 11.3 Å². The summed E-state index contributed by atoms with van der Waals surface area (Å²) in [6.45, 7) is 0. The number of hydrogen-bond donors (Lipinski definition) is 0. The number of fused-ring (bicyclic) bond motifs is 9. The van der Waals surface area contributed by atoms with E-state index >= 15 is 0 Å². The quantitative estimate of drug-likeness (QED) is 0.153. The summed E-state index contributed by atoms with van der Waals surface area (Å²) < 4.78 is 7.49. The van der Waals surface area contributed by atoms with Crippen LogP contribution in [-0.2, 0) is 0 Å². The van der Waals surface area contributed by atoms with Crippen molar-refractivity contribution in [1.29, 1.82) is 0 Å². The molecule has 0 spiro atoms. The third-order valence-electron chi connectivity index (χ3n) is 10.6. The van der Waals surface area contributed by atoms with E-state index in [4.69, 9.17) is 9.40 Å². The van der Waals surface area contributed by atoms with Crippen LogP contribution in [0.15, 0.2) is 205 Å². The maximum absolute atomic E-state index is 6.28. The summed E-state index contributed by atoms with van der Waals surface area (Å²) in [5, 5.41) is 8.08. The molecule has 0 atom stereocenters. The van der Waals surface area contributed by atoms with Gasteiger partial charge in [-0.2, -0.15) is 0 Å². The molecule has 0 saturated carbocycles. The van der Waals surface area contributed by atoms with Crippen molar-refractivity contribution in [2.45, 2.75) is 0 Å². The molecular weight excluding hydrogens is 703 g/mol. The molecule has 56 heavy (non-hydrogen) atoms. The molecule has 0 bridgehead atoms. The van der Waals surface area contributed by atoms with Gasteiger partial charge in [-0.3, -0.25) is 0 Å². The molecule has 0 aliphatic carbocycles. The number of rotatable bonds is 7. The van der Waals surface area contributed by atoms with E-state index in [9.17, 15) is 0 Å². The average Bonchev–Trinajstić information content (AvgIpc) is 3.88. The second kappa shape index (κ2) is 13.3. The fraction of sp³-hybridized carbons (Fsp3) is 0. The topological polar surface area (TPSA) is 32.5 Å². The number of thiazole rings is 1. The lowest BCUT2D eigenvalue weighted by Gasteiger charge is -2.29. The highest BCUT2D eigenvalue weighted by atomic mass is 32.1. The Balaban J connectivity index is 1.11. The Labute approximate surface area is 327 Å². The van der Waals surface area contributed by atoms with Crippen molar-refractivity contribution in [3.8, 4) is 10.6 Å². The Bertz CT molecular complexity index is 3110. The highest BCUT2D eigenvalue weighted by molar-refractivity contribution is 7.22. The summed E-state index contributed by atoms with van der Waals surface area (Å²) in [5.41, 5.74) is 10.2. The van der Waals surface area contributed by atoms with Crippen LogP contribution in [0.3, 0.4) is 0 Å². The van der Waals surface area contributed by atoms with Gasteiger partial charge in [-0.05, 0) is 89.6 Å². The smallest absolute Gasteiger partial charge is 0.135 e. The van der Waals surface area contributed by atoms with Gasteiger partial charge in [-0.1, -0.05) is 121 Å². The number of aromatic nitrogens is 1. The van der Waals surface area contributed by atoms with Gasteiger partial charge < -0.3 is 14.2 Å². The minimum absolute atomic E-state index is 0.866. The first-order valence-electron chi connectivity index (χ1n) is 18.8. The van der Waals surface area contributed by atoms with E-state index in [1.54, 1.807) is 11.3 Å². The average molecular weight is 736 g/mol. The Morgan fingerprint density at radius 3 is 1.57 bits per heavy atom. The number of benzene rings is 9. The molecule has 0 N–H and O–H groups in total. The van der Waals surface area contributed by atoms with Crippen LogP contribution in [0, 0.1) is 0 Å². The summed E-state index contributed by atoms with van der Waals surface area (Å²) in [5.74, 6) is 0. The van der Waals surface area contributed by atoms with Gasteiger partial charge in [-0.25, -0.2) is 4.98 Å². The molecule has 11 aromatic rings. The van der Waals surface area contributed by atoms with Gasteiger partial charge in [0.2, 0.25) is 0 Å². The lowest BCUT2D eigenvalue weighted by molar-refractivity contribution is 0.669. The Morgan fingerprint density at radius 2 is 0.857 bits per heavy atom. The SMILES string of the molecule is c1ccc(N(c2ccccc2)c2cccc(N(c3cccc(-c4nc5c6ccccc6c6ccccc6c5s4)c3)c3ccc4oc5ccccc5c4c3)c2)cc1. The van der Waals surface area contributed by atoms with Crippen LogP contribution in [0.5, 0.6) is 0 Å². The van der Waals surface area contributed by atoms with Crippen molar-refractivity contribution in [2.24, 2.45) is 0 Å². The fourth-order valence-electron chi connectivity index (χ4n) is 8.10. The third kappa shape index (κ3) is 5.40. The van der Waals surface area contributed by atoms with Gasteiger partial charge in [0.25, 0.3) is 0 Å². The molecule has 2 aromatic heterocycles. The van der Waals surface area contributed by atoms with Crippen molar-refractivity contribution >= 4 is 99.2 Å². The van der Waals surface area contributed by atoms with E-state index < -0.39 is 0 Å². The van der Waals surface area contributed by atoms with Gasteiger partial charge in [0, 0.05) is 61.2 Å². The zero-order valence-electron chi connectivity index (χ0n) is 30.2. The van der Waals surface area contributed by atoms with E-state index in [1.807, 2.05) is 12.1 Å². The highest BCUT2D eigenvalue weighted by Gasteiger charge is 2.20. The minimum Gasteiger partial charge on any atom is -0.456 e. The van der Waals surface area contributed by atoms with E-state index in [1.165, 1.54) is 26.2 Å². The fourth-order valence-corrected chi connectivity index (χ4v) is 9.22. The van der Waals surface area contributed by atoms with Crippen molar-refractivity contribution in [3.05, 3.63) is 200 Å². The van der Waals surface area contributed by atoms with Crippen molar-refractivity contribution in [3.63, 3.8) is 0 Å². The van der Waals surface area contributed by atoms with Crippen molar-refractivity contribution in [1.82, 2.24) is 4.98 Å². The lowest BCUT2D eigenvalue weighted by Crippen LogP contribution is -2.13. The van der Waals surface area contributed by atoms with E-state index in [0.717, 1.165) is 72.2 Å². The number of furan rings is 1. The molecule has 0 amide bonds. The summed E-state index contributed by atoms with van der Waals surface area (Å²) in [6, 6.07) is 70.8. The molecule has 264 valence electrons. The van der Waals surface area contributed by atoms with Gasteiger partial charge in [-0.15, -0.1) is 11.3 Å². The summed E-state index contributed by atoms with van der Waals surface area (Å²) >= 11 is 1.76. The Kier molecular flexibility index (Phi) is 7.64. The second-order valence-electron chi connectivity index (χ2n) is 14.0. The molecular formula is C51H33N3OS. The molecule has 11 rings (SSSR count). The second-order valence-corrected chi connectivity index (χ2v) is 15.0. The monoisotopic (exact) mass is 735 g/mol. The van der Waals surface area contributed by atoms with Gasteiger partial charge in [0.1, 0.15) is 16.2 Å². The van der Waals surface area contributed by atoms with E-state index in [0.29, 0.717) is 0 Å². The van der Waals surface area contributed by atoms with Crippen LogP contribution in [0.2, 0.25) is 0 Å². The van der Waals surface area contributed by atoms with Crippen LogP contribution in [0.1, 0.15) is 0 Å². The summed E-state index contributed by atoms with van der Waals surface area (Å²) in [4.78, 5) is 10.0. The molecule has 0 saturated heterocycles. The molecule has 0 fully saturated rings. The van der Waals surface area contributed by atoms with Crippen molar-refractivity contribution in [2.75, 3.05) is 9.80 Å². The standard InChI is InChI=1S/C51H33N3OS/c1-3-16-35(17-4-1)53(36-18-5-2-6-19-36)38-21-14-22-39(32-38)54(40-29-30-48-46(33-40)43-25-11-12-28-47(43)55-48)37-20-13-15-34(31-37)51-52-49-44-26-9-7-23-41(44)42-24-8-10-27-45(42)50(49)56-51/h1-33H. The zero-order chi connectivity index (χ0) is 37.0. The third-order valence-corrected chi connectivity index (χ3v) is 11.8. The molecule has 0 aliphatic rings. The van der Waals surface area contributed by atoms with Crippen LogP contribution < -0.4 is 9.80 Å². The lowest BCUT2D eigenvalue weighted by atomic mass is 10.0. The van der Waals surface area contributed by atoms with E-state index in [-0.39, 0.29) is 0 Å². The van der Waals surface area contributed by atoms with E-state index in [2.05, 4.69) is 198 Å². The molecule has 2 heterocycles. The maximum Gasteiger partial charge on any atom is 0.135 e. The number of nitrogens with zero attached hydrogens (tertiary/aromatic N) is 3. The summed E-state index contributed by atoms with van der Waals surface area (Å²) in [7, 11) is 0. The molecule has 9 aromatic carbocycles. The maximum atomic E-state index is 6.28. The van der Waals surface area contributed by atoms with Crippen LogP contribution in [-0.4, -0.2) is 4.98 Å². The molecule has 0 radical (unpaired) electrons. The first kappa shape index (κ1) is 32.2. The molecule has 0 unspecified atom stereocenters. The van der Waals surface area contributed by atoms with Crippen molar-refractivity contribution < 1.29 is 4.42 Å². The molecule has 4 nitrogen and oxygen atoms in total. The number of para-hydroxylation sites is 3. The normalized spacial score (nSPS) is 11.6. The van der Waals surface area contributed by atoms with Gasteiger partial charge in [0.05, 0.1) is 10.2 Å². The Morgan fingerprint density at radius 1 is 0.357 bits per heavy atom. The zero-order valence-corrected chi connectivity index (χ0v) is 31.0. The Hall–Kier alpha value is -7.21. The summed E-state index contributed by atoms with van der Waals surface area (Å²) in [6.07, 6.45) is 0. The predicted molar refractivity (Wildman–Crippen MR) is 237 cm³/mol. The first-order chi connectivity index (χ1) is 27.8. The van der Waals surface area contributed by atoms with Crippen LogP contribution in [0.4, 0.5) is 34.1 Å². The minimum atomic E-state index is 0.866. The largest absolute Gasteiger partial charge is 0.456 e. The number of anilines is 6. The molecule has 0 aliphatic heterocycles. The van der Waals surface area contributed by atoms with Gasteiger partial charge in [0.15, 0.2) is 0 Å².